The van der Waals surface area contributed by atoms with Crippen LogP contribution in [-0.2, 0) is 4.79 Å². The molecule has 0 aromatic carbocycles. The first kappa shape index (κ1) is 28.7. The molecule has 3 aliphatic rings. The van der Waals surface area contributed by atoms with Gasteiger partial charge in [0.1, 0.15) is 11.9 Å². The Morgan fingerprint density at radius 1 is 0.971 bits per heavy atom. The first-order chi connectivity index (χ1) is 16.4. The molecule has 12 atom stereocenters. The van der Waals surface area contributed by atoms with Crippen LogP contribution in [0.5, 0.6) is 0 Å². The Hall–Kier alpha value is -0.830. The highest BCUT2D eigenvalue weighted by atomic mass is 16.4. The Morgan fingerprint density at radius 3 is 2.20 bits per heavy atom. The van der Waals surface area contributed by atoms with Gasteiger partial charge in [-0.25, -0.2) is 0 Å². The van der Waals surface area contributed by atoms with Crippen LogP contribution in [0.2, 0.25) is 0 Å². The number of hydrogen-bond donors (Lipinski definition) is 6. The fourth-order valence-electron chi connectivity index (χ4n) is 7.87. The third kappa shape index (κ3) is 4.89. The minimum Gasteiger partial charge on any atom is -0.396 e. The second-order valence-electron chi connectivity index (χ2n) is 12.5. The van der Waals surface area contributed by atoms with E-state index in [0.29, 0.717) is 18.3 Å². The molecule has 7 heteroatoms. The van der Waals surface area contributed by atoms with Crippen molar-refractivity contribution >= 4 is 5.78 Å². The summed E-state index contributed by atoms with van der Waals surface area (Å²) in [5.41, 5.74) is -1.83. The molecule has 6 N–H and O–H groups in total. The van der Waals surface area contributed by atoms with E-state index in [4.69, 9.17) is 0 Å². The quantitative estimate of drug-likeness (QED) is 0.282. The summed E-state index contributed by atoms with van der Waals surface area (Å²) in [6.45, 7) is 10.4. The number of carbonyl (C=O) groups is 1. The Bertz CT molecular complexity index is 768. The number of allylic oxidation sites excluding steroid dienone is 2. The standard InChI is InChI=1S/C28H48O7/c1-15(2)16(3)6-7-17(4)19-8-9-20(27(19,5)10-11-29)18-12-21(31)23-25(34)24(33)22(32)13-28(23,14-30)26(18)35/h6-7,15-25,29-34H,8-14H2,1-5H3/b7-6+/t16-,17+,18?,19?,20?,21?,22?,23?,24?,25?,27?,28?/m0/s1. The molecule has 35 heavy (non-hydrogen) atoms. The maximum atomic E-state index is 14.1. The minimum absolute atomic E-state index is 0.00316. The predicted octanol–water partition coefficient (Wildman–Crippen LogP) is 1.92. The van der Waals surface area contributed by atoms with Crippen LogP contribution < -0.4 is 0 Å². The summed E-state index contributed by atoms with van der Waals surface area (Å²) >= 11 is 0. The van der Waals surface area contributed by atoms with Gasteiger partial charge in [0.15, 0.2) is 0 Å². The van der Waals surface area contributed by atoms with Gasteiger partial charge in [-0.2, -0.15) is 0 Å². The van der Waals surface area contributed by atoms with E-state index in [0.717, 1.165) is 12.8 Å². The van der Waals surface area contributed by atoms with E-state index in [1.54, 1.807) is 0 Å². The van der Waals surface area contributed by atoms with Gasteiger partial charge in [-0.15, -0.1) is 0 Å². The van der Waals surface area contributed by atoms with Crippen molar-refractivity contribution in [1.82, 2.24) is 0 Å². The van der Waals surface area contributed by atoms with Crippen molar-refractivity contribution in [3.8, 4) is 0 Å². The third-order valence-corrected chi connectivity index (χ3v) is 10.4. The average Bonchev–Trinajstić information content (AvgIpc) is 3.14. The van der Waals surface area contributed by atoms with Crippen molar-refractivity contribution in [1.29, 1.82) is 0 Å². The monoisotopic (exact) mass is 496 g/mol. The molecule has 202 valence electrons. The van der Waals surface area contributed by atoms with Crippen molar-refractivity contribution in [2.45, 2.75) is 91.1 Å². The molecule has 0 aromatic heterocycles. The molecule has 0 bridgehead atoms. The fourth-order valence-corrected chi connectivity index (χ4v) is 7.87. The Balaban J connectivity index is 1.93. The van der Waals surface area contributed by atoms with Gasteiger partial charge < -0.3 is 30.6 Å². The molecule has 7 nitrogen and oxygen atoms in total. The maximum absolute atomic E-state index is 14.1. The number of aliphatic hydroxyl groups is 6. The highest BCUT2D eigenvalue weighted by Gasteiger charge is 2.65. The zero-order valence-corrected chi connectivity index (χ0v) is 22.0. The fraction of sp³-hybridized carbons (Fsp3) is 0.893. The van der Waals surface area contributed by atoms with Crippen LogP contribution in [0, 0.1) is 52.3 Å². The molecule has 0 aliphatic heterocycles. The van der Waals surface area contributed by atoms with Crippen LogP contribution in [0.1, 0.15) is 66.7 Å². The van der Waals surface area contributed by atoms with Crippen LogP contribution in [0.4, 0.5) is 0 Å². The Kier molecular flexibility index (Phi) is 8.93. The molecule has 0 amide bonds. The molecule has 0 saturated heterocycles. The minimum atomic E-state index is -1.49. The van der Waals surface area contributed by atoms with E-state index in [1.807, 2.05) is 0 Å². The summed E-state index contributed by atoms with van der Waals surface area (Å²) in [5.74, 6) is -0.373. The van der Waals surface area contributed by atoms with E-state index >= 15 is 0 Å². The number of ketones is 1. The first-order valence-electron chi connectivity index (χ1n) is 13.5. The molecular weight excluding hydrogens is 448 g/mol. The summed E-state index contributed by atoms with van der Waals surface area (Å²) < 4.78 is 0. The SMILES string of the molecule is CC(C)[C@@H](C)/C=C/[C@@H](C)C1CCC(C2CC(O)C3C(O)C(O)C(O)CC3(CO)C2=O)C1(C)CCO. The Morgan fingerprint density at radius 2 is 1.63 bits per heavy atom. The molecule has 0 aromatic rings. The zero-order valence-electron chi connectivity index (χ0n) is 22.0. The Labute approximate surface area is 210 Å². The molecule has 3 rings (SSSR count). The molecule has 0 spiro atoms. The third-order valence-electron chi connectivity index (χ3n) is 10.4. The lowest BCUT2D eigenvalue weighted by molar-refractivity contribution is -0.216. The van der Waals surface area contributed by atoms with E-state index in [-0.39, 0.29) is 48.4 Å². The normalized spacial score (nSPS) is 46.2. The second kappa shape index (κ2) is 10.9. The molecule has 3 saturated carbocycles. The van der Waals surface area contributed by atoms with Gasteiger partial charge in [0.2, 0.25) is 0 Å². The van der Waals surface area contributed by atoms with E-state index in [9.17, 15) is 35.4 Å². The van der Waals surface area contributed by atoms with Gasteiger partial charge >= 0.3 is 0 Å². The summed E-state index contributed by atoms with van der Waals surface area (Å²) in [6.07, 6.45) is 1.35. The van der Waals surface area contributed by atoms with Gasteiger partial charge in [-0.1, -0.05) is 46.8 Å². The number of carbonyl (C=O) groups excluding carboxylic acids is 1. The second-order valence-corrected chi connectivity index (χ2v) is 12.5. The van der Waals surface area contributed by atoms with Crippen molar-refractivity contribution in [3.63, 3.8) is 0 Å². The van der Waals surface area contributed by atoms with Gasteiger partial charge in [0.05, 0.1) is 30.3 Å². The van der Waals surface area contributed by atoms with Gasteiger partial charge in [0, 0.05) is 18.4 Å². The van der Waals surface area contributed by atoms with Crippen molar-refractivity contribution in [2.24, 2.45) is 52.3 Å². The van der Waals surface area contributed by atoms with Gasteiger partial charge in [-0.05, 0) is 67.1 Å². The molecule has 10 unspecified atom stereocenters. The zero-order chi connectivity index (χ0) is 26.3. The number of hydrogen-bond acceptors (Lipinski definition) is 7. The van der Waals surface area contributed by atoms with E-state index in [2.05, 4.69) is 46.8 Å². The number of Topliss-reactive ketones (excluding diaryl/α,β-unsaturated/α-hetero) is 1. The maximum Gasteiger partial charge on any atom is 0.145 e. The van der Waals surface area contributed by atoms with Crippen molar-refractivity contribution in [3.05, 3.63) is 12.2 Å². The number of aliphatic hydroxyl groups excluding tert-OH is 6. The van der Waals surface area contributed by atoms with E-state index < -0.39 is 48.3 Å². The number of rotatable bonds is 8. The van der Waals surface area contributed by atoms with Crippen LogP contribution in [0.15, 0.2) is 12.2 Å². The van der Waals surface area contributed by atoms with Crippen LogP contribution >= 0.6 is 0 Å². The van der Waals surface area contributed by atoms with Crippen molar-refractivity contribution in [2.75, 3.05) is 13.2 Å². The lowest BCUT2D eigenvalue weighted by Crippen LogP contribution is -2.67. The van der Waals surface area contributed by atoms with Crippen LogP contribution in [0.3, 0.4) is 0 Å². The highest BCUT2D eigenvalue weighted by Crippen LogP contribution is 2.60. The summed E-state index contributed by atoms with van der Waals surface area (Å²) in [7, 11) is 0. The van der Waals surface area contributed by atoms with Crippen LogP contribution in [0.25, 0.3) is 0 Å². The number of fused-ring (bicyclic) bond motifs is 1. The van der Waals surface area contributed by atoms with Crippen LogP contribution in [-0.4, -0.2) is 74.1 Å². The summed E-state index contributed by atoms with van der Waals surface area (Å²) in [5, 5.41) is 62.8. The van der Waals surface area contributed by atoms with Crippen molar-refractivity contribution < 1.29 is 35.4 Å². The largest absolute Gasteiger partial charge is 0.396 e. The lowest BCUT2D eigenvalue weighted by atomic mass is 9.50. The average molecular weight is 497 g/mol. The molecule has 3 fully saturated rings. The van der Waals surface area contributed by atoms with E-state index in [1.165, 1.54) is 0 Å². The van der Waals surface area contributed by atoms with Gasteiger partial charge in [0.25, 0.3) is 0 Å². The molecule has 0 radical (unpaired) electrons. The summed E-state index contributed by atoms with van der Waals surface area (Å²) in [6, 6.07) is 0. The molecule has 0 heterocycles. The highest BCUT2D eigenvalue weighted by molar-refractivity contribution is 5.89. The van der Waals surface area contributed by atoms with Gasteiger partial charge in [-0.3, -0.25) is 4.79 Å². The topological polar surface area (TPSA) is 138 Å². The smallest absolute Gasteiger partial charge is 0.145 e. The molecule has 3 aliphatic carbocycles. The summed E-state index contributed by atoms with van der Waals surface area (Å²) in [4.78, 5) is 14.1. The lowest BCUT2D eigenvalue weighted by Gasteiger charge is -2.56. The molecular formula is C28H48O7. The predicted molar refractivity (Wildman–Crippen MR) is 133 cm³/mol. The first-order valence-corrected chi connectivity index (χ1v) is 13.5.